The van der Waals surface area contributed by atoms with Crippen LogP contribution in [0.3, 0.4) is 0 Å². The topological polar surface area (TPSA) is 91.3 Å². The largest absolute Gasteiger partial charge is 0.451 e. The van der Waals surface area contributed by atoms with Crippen LogP contribution in [0.5, 0.6) is 46.0 Å². The van der Waals surface area contributed by atoms with Crippen LogP contribution < -0.4 is 18.9 Å². The molecular formula is C46H14F16O7S. The summed E-state index contributed by atoms with van der Waals surface area (Å²) in [6.07, 6.45) is 10.4. The first-order valence-corrected chi connectivity index (χ1v) is 19.8. The van der Waals surface area contributed by atoms with Crippen LogP contribution >= 0.6 is 0 Å². The van der Waals surface area contributed by atoms with Gasteiger partial charge in [0, 0.05) is 17.2 Å². The van der Waals surface area contributed by atoms with Crippen LogP contribution in [-0.4, -0.2) is 13.0 Å². The van der Waals surface area contributed by atoms with E-state index in [2.05, 4.69) is 21.3 Å². The molecule has 70 heavy (non-hydrogen) atoms. The maximum atomic E-state index is 15.5. The minimum Gasteiger partial charge on any atom is -0.451 e. The molecule has 7 aromatic carbocycles. The molecular weight excluding hydrogens is 1000 g/mol. The summed E-state index contributed by atoms with van der Waals surface area (Å²) in [6.45, 7) is 0. The summed E-state index contributed by atoms with van der Waals surface area (Å²) in [6, 6.07) is 9.24. The van der Waals surface area contributed by atoms with Crippen LogP contribution in [0.25, 0.3) is 22.3 Å². The van der Waals surface area contributed by atoms with Crippen LogP contribution in [0.15, 0.2) is 71.6 Å². The van der Waals surface area contributed by atoms with Crippen molar-refractivity contribution < 1.29 is 102 Å². The molecule has 0 fully saturated rings. The van der Waals surface area contributed by atoms with Crippen LogP contribution in [0, 0.1) is 118 Å². The van der Waals surface area contributed by atoms with Crippen molar-refractivity contribution >= 4 is 10.1 Å². The number of hydrogen-bond donors (Lipinski definition) is 1. The van der Waals surface area contributed by atoms with Gasteiger partial charge < -0.3 is 18.9 Å². The van der Waals surface area contributed by atoms with Crippen LogP contribution in [0.4, 0.5) is 70.2 Å². The lowest BCUT2D eigenvalue weighted by Gasteiger charge is -2.18. The molecule has 0 aromatic heterocycles. The van der Waals surface area contributed by atoms with Gasteiger partial charge in [-0.2, -0.15) is 43.5 Å². The Balaban J connectivity index is 1.24. The number of halogens is 16. The summed E-state index contributed by atoms with van der Waals surface area (Å²) in [7, 11) is -5.89. The Kier molecular flexibility index (Phi) is 13.2. The summed E-state index contributed by atoms with van der Waals surface area (Å²) in [5, 5.41) is 0. The van der Waals surface area contributed by atoms with Crippen molar-refractivity contribution in [1.29, 1.82) is 0 Å². The number of rotatable bonds is 11. The number of terminal acetylenes is 2. The van der Waals surface area contributed by atoms with Gasteiger partial charge in [-0.25, -0.2) is 35.1 Å². The molecule has 7 aromatic rings. The Morgan fingerprint density at radius 3 is 0.914 bits per heavy atom. The van der Waals surface area contributed by atoms with Gasteiger partial charge in [-0.15, -0.1) is 12.8 Å². The molecule has 0 spiro atoms. The highest BCUT2D eigenvalue weighted by atomic mass is 32.2. The quantitative estimate of drug-likeness (QED) is 0.0597. The van der Waals surface area contributed by atoms with Gasteiger partial charge in [-0.05, 0) is 48.5 Å². The normalized spacial score (nSPS) is 11.3. The molecule has 24 heteroatoms. The Bertz CT molecular complexity index is 3470. The van der Waals surface area contributed by atoms with Crippen LogP contribution in [-0.2, 0) is 10.1 Å². The molecule has 0 radical (unpaired) electrons. The smallest absolute Gasteiger partial charge is 0.298 e. The summed E-state index contributed by atoms with van der Waals surface area (Å²) in [5.41, 5.74) is -9.53. The lowest BCUT2D eigenvalue weighted by molar-refractivity contribution is 0.353. The van der Waals surface area contributed by atoms with Crippen molar-refractivity contribution in [3.63, 3.8) is 0 Å². The summed E-state index contributed by atoms with van der Waals surface area (Å²) < 4.78 is 298. The van der Waals surface area contributed by atoms with Gasteiger partial charge in [-0.1, -0.05) is 24.0 Å². The van der Waals surface area contributed by atoms with E-state index in [9.17, 15) is 13.0 Å². The number of benzene rings is 7. The Morgan fingerprint density at radius 2 is 0.643 bits per heavy atom. The third kappa shape index (κ3) is 8.58. The highest BCUT2D eigenvalue weighted by molar-refractivity contribution is 7.86. The van der Waals surface area contributed by atoms with E-state index in [0.29, 0.717) is 0 Å². The molecule has 0 amide bonds. The van der Waals surface area contributed by atoms with Gasteiger partial charge in [-0.3, -0.25) is 4.55 Å². The Labute approximate surface area is 380 Å². The monoisotopic (exact) mass is 1010 g/mol. The standard InChI is InChI=1S/C46H14F16O7S/c1-3-16-7-5-9-18(13-16)66-43-35(55)27(47)23(28(48)36(43)56)24-31(51)39(59)45(40(60)32(24)52)68-20-11-12-21(22(15-20)70(63,64)65)69-46-41(61)33(53)26(34(54)42(46)62)25-29(49)37(57)44(38(58)30(25)50)67-19-10-6-8-17(4-2)14-19/h1-2,5-15H,(H,63,64,65). The summed E-state index contributed by atoms with van der Waals surface area (Å²) in [5.74, 6) is -51.0. The Hall–Kier alpha value is -8.35. The van der Waals surface area contributed by atoms with Crippen molar-refractivity contribution in [2.75, 3.05) is 0 Å². The number of ether oxygens (including phenoxy) is 4. The average molecular weight is 1010 g/mol. The zero-order valence-corrected chi connectivity index (χ0v) is 34.2. The maximum absolute atomic E-state index is 15.5. The van der Waals surface area contributed by atoms with Crippen molar-refractivity contribution in [2.45, 2.75) is 4.90 Å². The molecule has 0 saturated carbocycles. The minimum atomic E-state index is -5.89. The van der Waals surface area contributed by atoms with Gasteiger partial charge >= 0.3 is 0 Å². The van der Waals surface area contributed by atoms with Gasteiger partial charge in [0.2, 0.25) is 69.5 Å². The first kappa shape index (κ1) is 49.6. The van der Waals surface area contributed by atoms with Crippen molar-refractivity contribution in [3.05, 3.63) is 171 Å². The van der Waals surface area contributed by atoms with E-state index >= 15 is 70.2 Å². The molecule has 0 aliphatic heterocycles. The fraction of sp³-hybridized carbons (Fsp3) is 0. The highest BCUT2D eigenvalue weighted by Crippen LogP contribution is 2.47. The first-order valence-electron chi connectivity index (χ1n) is 18.3. The molecule has 358 valence electrons. The van der Waals surface area contributed by atoms with Gasteiger partial charge in [0.15, 0.2) is 46.5 Å². The minimum absolute atomic E-state index is 0.0403. The van der Waals surface area contributed by atoms with E-state index in [1.807, 2.05) is 0 Å². The average Bonchev–Trinajstić information content (AvgIpc) is 3.34. The summed E-state index contributed by atoms with van der Waals surface area (Å²) in [4.78, 5) is -1.82. The second kappa shape index (κ2) is 18.6. The van der Waals surface area contributed by atoms with Crippen LogP contribution in [0.2, 0.25) is 0 Å². The second-order valence-electron chi connectivity index (χ2n) is 13.7. The van der Waals surface area contributed by atoms with E-state index in [1.54, 1.807) is 0 Å². The zero-order chi connectivity index (χ0) is 51.4. The molecule has 0 atom stereocenters. The van der Waals surface area contributed by atoms with Gasteiger partial charge in [0.05, 0.1) is 22.3 Å². The van der Waals surface area contributed by atoms with Crippen molar-refractivity contribution in [1.82, 2.24) is 0 Å². The lowest BCUT2D eigenvalue weighted by Crippen LogP contribution is -2.10. The SMILES string of the molecule is C#Cc1cccc(Oc2c(F)c(F)c(-c3c(F)c(F)c(Oc4ccc(Oc5c(F)c(F)c(-c6c(F)c(F)c(Oc7cccc(C#C)c7)c(F)c6F)c(F)c5F)c(S(=O)(=O)O)c4)c(F)c3F)c(F)c2F)c1. The fourth-order valence-electron chi connectivity index (χ4n) is 6.28. The maximum Gasteiger partial charge on any atom is 0.298 e. The molecule has 7 nitrogen and oxygen atoms in total. The van der Waals surface area contributed by atoms with E-state index < -0.39 is 176 Å². The van der Waals surface area contributed by atoms with Gasteiger partial charge in [0.25, 0.3) is 10.1 Å². The van der Waals surface area contributed by atoms with Crippen molar-refractivity contribution in [2.24, 2.45) is 0 Å². The first-order chi connectivity index (χ1) is 32.9. The Morgan fingerprint density at radius 1 is 0.371 bits per heavy atom. The van der Waals surface area contributed by atoms with E-state index in [1.165, 1.54) is 24.3 Å². The molecule has 1 N–H and O–H groups in total. The third-order valence-corrected chi connectivity index (χ3v) is 10.3. The van der Waals surface area contributed by atoms with E-state index in [0.717, 1.165) is 24.3 Å². The fourth-order valence-corrected chi connectivity index (χ4v) is 6.91. The van der Waals surface area contributed by atoms with E-state index in [4.69, 9.17) is 22.3 Å². The zero-order valence-electron chi connectivity index (χ0n) is 33.4. The molecule has 0 unspecified atom stereocenters. The molecule has 0 aliphatic rings. The van der Waals surface area contributed by atoms with Crippen molar-refractivity contribution in [3.8, 4) is 92.9 Å². The predicted octanol–water partition coefficient (Wildman–Crippen LogP) is 13.6. The molecule has 0 saturated heterocycles. The molecule has 7 rings (SSSR count). The number of hydrogen-bond acceptors (Lipinski definition) is 6. The third-order valence-electron chi connectivity index (χ3n) is 9.46. The van der Waals surface area contributed by atoms with E-state index in [-0.39, 0.29) is 29.3 Å². The highest BCUT2D eigenvalue weighted by Gasteiger charge is 2.38. The second-order valence-corrected chi connectivity index (χ2v) is 15.1. The van der Waals surface area contributed by atoms with Gasteiger partial charge in [0.1, 0.15) is 27.9 Å². The molecule has 0 bridgehead atoms. The predicted molar refractivity (Wildman–Crippen MR) is 208 cm³/mol. The lowest BCUT2D eigenvalue weighted by atomic mass is 10.0. The molecule has 0 aliphatic carbocycles. The van der Waals surface area contributed by atoms with Crippen LogP contribution in [0.1, 0.15) is 11.1 Å². The summed E-state index contributed by atoms with van der Waals surface area (Å²) >= 11 is 0. The molecule has 0 heterocycles.